The normalized spacial score (nSPS) is 26.5. The molecule has 3 fully saturated rings. The van der Waals surface area contributed by atoms with E-state index in [1.54, 1.807) is 7.05 Å². The summed E-state index contributed by atoms with van der Waals surface area (Å²) in [6.07, 6.45) is 16.3. The van der Waals surface area contributed by atoms with E-state index in [1.165, 1.54) is 16.1 Å². The molecular weight excluding hydrogens is 564 g/mol. The second kappa shape index (κ2) is 13.7. The van der Waals surface area contributed by atoms with Crippen LogP contribution in [0.15, 0.2) is 23.8 Å². The van der Waals surface area contributed by atoms with Gasteiger partial charge in [-0.15, -0.1) is 0 Å². The number of nitrogens with zero attached hydrogens (tertiary/aromatic N) is 5. The van der Waals surface area contributed by atoms with E-state index in [1.807, 2.05) is 18.7 Å². The second-order valence-corrected chi connectivity index (χ2v) is 15.0. The fraction of sp³-hybridized carbons (Fsp3) is 0.719. The fourth-order valence-electron chi connectivity index (χ4n) is 7.10. The SMILES string of the molecule is CC1=CCC([C@@H]2CCC[C@H](CNc3nc(C)nc(C(=O)N4CCC(N5CCC(N(C)S(C)(=O)=O)CC5)CC4)c3C)O2)C=C1. The van der Waals surface area contributed by atoms with Crippen LogP contribution < -0.4 is 5.32 Å². The Kier molecular flexibility index (Phi) is 10.3. The molecule has 43 heavy (non-hydrogen) atoms. The summed E-state index contributed by atoms with van der Waals surface area (Å²) in [6.45, 7) is 9.75. The van der Waals surface area contributed by atoms with Crippen LogP contribution in [0.5, 0.6) is 0 Å². The van der Waals surface area contributed by atoms with E-state index < -0.39 is 10.0 Å². The molecule has 1 unspecified atom stereocenters. The number of rotatable bonds is 8. The van der Waals surface area contributed by atoms with Crippen LogP contribution in [0.3, 0.4) is 0 Å². The lowest BCUT2D eigenvalue weighted by molar-refractivity contribution is -0.0615. The van der Waals surface area contributed by atoms with Crippen molar-refractivity contribution in [3.8, 4) is 0 Å². The van der Waals surface area contributed by atoms with Crippen LogP contribution in [-0.2, 0) is 14.8 Å². The molecule has 3 aliphatic heterocycles. The van der Waals surface area contributed by atoms with Gasteiger partial charge in [0.25, 0.3) is 5.91 Å². The summed E-state index contributed by atoms with van der Waals surface area (Å²) in [7, 11) is -1.48. The van der Waals surface area contributed by atoms with Gasteiger partial charge in [-0.05, 0) is 85.2 Å². The standard InChI is InChI=1S/C32H50N6O4S/c1-22-9-11-25(12-10-22)29-8-6-7-28(42-29)21-33-31-23(2)30(34-24(3)35-31)32(39)38-19-15-27(16-20-38)37-17-13-26(14-18-37)36(4)43(5,40)41/h9-11,25-29H,6-8,12-21H2,1-5H3,(H,33,34,35)/t25?,28-,29+/m1/s1. The van der Waals surface area contributed by atoms with Crippen LogP contribution >= 0.6 is 0 Å². The Bertz CT molecular complexity index is 1320. The molecule has 1 aromatic heterocycles. The van der Waals surface area contributed by atoms with Gasteiger partial charge in [-0.1, -0.05) is 23.8 Å². The van der Waals surface area contributed by atoms with Crippen molar-refractivity contribution in [1.29, 1.82) is 0 Å². The van der Waals surface area contributed by atoms with Gasteiger partial charge in [0.15, 0.2) is 0 Å². The summed E-state index contributed by atoms with van der Waals surface area (Å²) in [4.78, 5) is 27.3. The highest BCUT2D eigenvalue weighted by atomic mass is 32.2. The van der Waals surface area contributed by atoms with E-state index in [4.69, 9.17) is 4.74 Å². The summed E-state index contributed by atoms with van der Waals surface area (Å²) in [5, 5.41) is 3.50. The van der Waals surface area contributed by atoms with Crippen molar-refractivity contribution in [3.05, 3.63) is 40.9 Å². The van der Waals surface area contributed by atoms with E-state index in [-0.39, 0.29) is 24.2 Å². The third-order valence-electron chi connectivity index (χ3n) is 9.94. The van der Waals surface area contributed by atoms with Crippen molar-refractivity contribution < 1.29 is 17.9 Å². The zero-order valence-corrected chi connectivity index (χ0v) is 27.4. The van der Waals surface area contributed by atoms with Crippen LogP contribution in [-0.4, -0.2) is 109 Å². The third kappa shape index (κ3) is 7.85. The molecule has 1 aromatic rings. The molecule has 5 rings (SSSR count). The number of amides is 1. The molecule has 11 heteroatoms. The van der Waals surface area contributed by atoms with Gasteiger partial charge < -0.3 is 19.9 Å². The van der Waals surface area contributed by atoms with Crippen LogP contribution in [0.1, 0.15) is 80.2 Å². The summed E-state index contributed by atoms with van der Waals surface area (Å²) >= 11 is 0. The van der Waals surface area contributed by atoms with Gasteiger partial charge in [0.05, 0.1) is 18.5 Å². The molecule has 238 valence electrons. The lowest BCUT2D eigenvalue weighted by Crippen LogP contribution is -2.52. The maximum atomic E-state index is 13.7. The lowest BCUT2D eigenvalue weighted by Gasteiger charge is -2.43. The number of nitrogens with one attached hydrogen (secondary N) is 1. The predicted octanol–water partition coefficient (Wildman–Crippen LogP) is 3.93. The monoisotopic (exact) mass is 614 g/mol. The highest BCUT2D eigenvalue weighted by molar-refractivity contribution is 7.88. The number of hydrogen-bond acceptors (Lipinski definition) is 8. The fourth-order valence-corrected chi connectivity index (χ4v) is 7.86. The Labute approximate surface area is 258 Å². The Morgan fingerprint density at radius 2 is 1.77 bits per heavy atom. The van der Waals surface area contributed by atoms with Crippen LogP contribution in [0.2, 0.25) is 0 Å². The number of aryl methyl sites for hydroxylation is 1. The van der Waals surface area contributed by atoms with Crippen molar-refractivity contribution in [3.63, 3.8) is 0 Å². The minimum absolute atomic E-state index is 0.0283. The number of aromatic nitrogens is 2. The van der Waals surface area contributed by atoms with Gasteiger partial charge in [0.2, 0.25) is 10.0 Å². The highest BCUT2D eigenvalue weighted by Crippen LogP contribution is 2.31. The number of sulfonamides is 1. The van der Waals surface area contributed by atoms with Crippen molar-refractivity contribution in [2.24, 2.45) is 5.92 Å². The average molecular weight is 615 g/mol. The van der Waals surface area contributed by atoms with Crippen molar-refractivity contribution >= 4 is 21.7 Å². The first-order valence-electron chi connectivity index (χ1n) is 16.1. The van der Waals surface area contributed by atoms with E-state index in [9.17, 15) is 13.2 Å². The molecule has 1 amide bonds. The Morgan fingerprint density at radius 1 is 1.05 bits per heavy atom. The maximum Gasteiger partial charge on any atom is 0.272 e. The van der Waals surface area contributed by atoms with Crippen LogP contribution in [0.4, 0.5) is 5.82 Å². The third-order valence-corrected chi connectivity index (χ3v) is 11.3. The molecular formula is C32H50N6O4S. The molecule has 3 saturated heterocycles. The van der Waals surface area contributed by atoms with Crippen molar-refractivity contribution in [2.75, 3.05) is 51.3 Å². The molecule has 0 spiro atoms. The molecule has 3 atom stereocenters. The van der Waals surface area contributed by atoms with Crippen molar-refractivity contribution in [2.45, 2.75) is 96.4 Å². The van der Waals surface area contributed by atoms with Gasteiger partial charge >= 0.3 is 0 Å². The Morgan fingerprint density at radius 3 is 2.42 bits per heavy atom. The van der Waals surface area contributed by atoms with Gasteiger partial charge in [-0.3, -0.25) is 4.79 Å². The number of allylic oxidation sites excluding steroid dienone is 3. The molecule has 0 radical (unpaired) electrons. The summed E-state index contributed by atoms with van der Waals surface area (Å²) in [5.74, 6) is 1.72. The largest absolute Gasteiger partial charge is 0.373 e. The van der Waals surface area contributed by atoms with Crippen LogP contribution in [0.25, 0.3) is 0 Å². The van der Waals surface area contributed by atoms with Crippen LogP contribution in [0, 0.1) is 19.8 Å². The van der Waals surface area contributed by atoms with Gasteiger partial charge in [0, 0.05) is 50.2 Å². The maximum absolute atomic E-state index is 13.7. The first-order valence-corrected chi connectivity index (χ1v) is 17.9. The van der Waals surface area contributed by atoms with Gasteiger partial charge in [-0.25, -0.2) is 22.7 Å². The summed E-state index contributed by atoms with van der Waals surface area (Å²) in [6, 6.07) is 0.490. The van der Waals surface area contributed by atoms with E-state index in [0.717, 1.165) is 75.8 Å². The molecule has 1 N–H and O–H groups in total. The molecule has 0 aromatic carbocycles. The van der Waals surface area contributed by atoms with Crippen molar-refractivity contribution in [1.82, 2.24) is 24.1 Å². The molecule has 1 aliphatic carbocycles. The molecule has 0 saturated carbocycles. The number of hydrogen-bond donors (Lipinski definition) is 1. The smallest absolute Gasteiger partial charge is 0.272 e. The topological polar surface area (TPSA) is 108 Å². The zero-order valence-electron chi connectivity index (χ0n) is 26.6. The van der Waals surface area contributed by atoms with E-state index >= 15 is 0 Å². The number of anilines is 1. The van der Waals surface area contributed by atoms with Gasteiger partial charge in [-0.2, -0.15) is 0 Å². The Balaban J connectivity index is 1.13. The highest BCUT2D eigenvalue weighted by Gasteiger charge is 2.34. The molecule has 4 aliphatic rings. The number of carbonyl (C=O) groups excluding carboxylic acids is 1. The number of piperidine rings is 2. The van der Waals surface area contributed by atoms with E-state index in [0.29, 0.717) is 43.1 Å². The number of carbonyl (C=O) groups is 1. The number of likely N-dealkylation sites (tertiary alicyclic amines) is 2. The second-order valence-electron chi connectivity index (χ2n) is 13.0. The first-order chi connectivity index (χ1) is 20.5. The van der Waals surface area contributed by atoms with Gasteiger partial charge in [0.1, 0.15) is 17.3 Å². The lowest BCUT2D eigenvalue weighted by atomic mass is 9.87. The number of ether oxygens (including phenoxy) is 1. The zero-order chi connectivity index (χ0) is 30.7. The van der Waals surface area contributed by atoms with E-state index in [2.05, 4.69) is 45.3 Å². The summed E-state index contributed by atoms with van der Waals surface area (Å²) in [5.41, 5.74) is 2.60. The Hall–Kier alpha value is -2.34. The molecule has 0 bridgehead atoms. The minimum Gasteiger partial charge on any atom is -0.373 e. The quantitative estimate of drug-likeness (QED) is 0.470. The average Bonchev–Trinajstić information content (AvgIpc) is 3.01. The minimum atomic E-state index is -3.17. The predicted molar refractivity (Wildman–Crippen MR) is 170 cm³/mol. The first kappa shape index (κ1) is 32.1. The molecule has 4 heterocycles. The summed E-state index contributed by atoms with van der Waals surface area (Å²) < 4.78 is 31.9. The molecule has 10 nitrogen and oxygen atoms in total.